The second kappa shape index (κ2) is 3.25. The van der Waals surface area contributed by atoms with Crippen LogP contribution in [0.25, 0.3) is 11.3 Å². The van der Waals surface area contributed by atoms with E-state index in [-0.39, 0.29) is 5.82 Å². The third-order valence-electron chi connectivity index (χ3n) is 2.14. The molecule has 0 aliphatic carbocycles. The van der Waals surface area contributed by atoms with Crippen LogP contribution < -0.4 is 0 Å². The van der Waals surface area contributed by atoms with Crippen molar-refractivity contribution in [3.05, 3.63) is 41.8 Å². The first kappa shape index (κ1) is 8.94. The second-order valence-corrected chi connectivity index (χ2v) is 3.30. The van der Waals surface area contributed by atoms with Crippen molar-refractivity contribution in [2.24, 2.45) is 7.05 Å². The first-order valence-electron chi connectivity index (χ1n) is 4.43. The van der Waals surface area contributed by atoms with E-state index in [4.69, 9.17) is 0 Å². The third kappa shape index (κ3) is 1.53. The lowest BCUT2D eigenvalue weighted by atomic mass is 10.1. The monoisotopic (exact) mass is 190 g/mol. The van der Waals surface area contributed by atoms with Gasteiger partial charge in [-0.2, -0.15) is 5.10 Å². The molecule has 0 radical (unpaired) electrons. The molecular formula is C11H11FN2. The number of aryl methyl sites for hydroxylation is 2. The van der Waals surface area contributed by atoms with E-state index in [1.54, 1.807) is 16.8 Å². The highest BCUT2D eigenvalue weighted by Crippen LogP contribution is 2.19. The minimum absolute atomic E-state index is 0.215. The van der Waals surface area contributed by atoms with E-state index in [1.165, 1.54) is 12.1 Å². The van der Waals surface area contributed by atoms with Crippen molar-refractivity contribution in [3.8, 4) is 11.3 Å². The standard InChI is InChI=1S/C11H11FN2/c1-8-7-11(14(2)13-8)9-3-5-10(12)6-4-9/h3-7H,1-2H3. The number of hydrogen-bond donors (Lipinski definition) is 0. The molecule has 0 unspecified atom stereocenters. The molecule has 0 aliphatic rings. The lowest BCUT2D eigenvalue weighted by Gasteiger charge is -2.00. The highest BCUT2D eigenvalue weighted by molar-refractivity contribution is 5.59. The molecule has 1 heterocycles. The van der Waals surface area contributed by atoms with Crippen LogP contribution in [0.5, 0.6) is 0 Å². The Morgan fingerprint density at radius 3 is 2.36 bits per heavy atom. The first-order chi connectivity index (χ1) is 6.66. The third-order valence-corrected chi connectivity index (χ3v) is 2.14. The van der Waals surface area contributed by atoms with Crippen molar-refractivity contribution >= 4 is 0 Å². The molecule has 0 bridgehead atoms. The Morgan fingerprint density at radius 2 is 1.86 bits per heavy atom. The lowest BCUT2D eigenvalue weighted by Crippen LogP contribution is -1.93. The van der Waals surface area contributed by atoms with Crippen LogP contribution in [-0.4, -0.2) is 9.78 Å². The highest BCUT2D eigenvalue weighted by atomic mass is 19.1. The van der Waals surface area contributed by atoms with Gasteiger partial charge in [0.1, 0.15) is 5.82 Å². The fourth-order valence-electron chi connectivity index (χ4n) is 1.50. The number of halogens is 1. The number of rotatable bonds is 1. The van der Waals surface area contributed by atoms with Crippen molar-refractivity contribution < 1.29 is 4.39 Å². The Labute approximate surface area is 82.0 Å². The quantitative estimate of drug-likeness (QED) is 0.675. The van der Waals surface area contributed by atoms with Crippen LogP contribution in [0, 0.1) is 12.7 Å². The van der Waals surface area contributed by atoms with E-state index in [2.05, 4.69) is 5.10 Å². The number of aromatic nitrogens is 2. The van der Waals surface area contributed by atoms with Crippen LogP contribution in [-0.2, 0) is 7.05 Å². The summed E-state index contributed by atoms with van der Waals surface area (Å²) in [4.78, 5) is 0. The summed E-state index contributed by atoms with van der Waals surface area (Å²) in [6.07, 6.45) is 0. The molecule has 2 rings (SSSR count). The molecular weight excluding hydrogens is 179 g/mol. The summed E-state index contributed by atoms with van der Waals surface area (Å²) in [7, 11) is 1.88. The fraction of sp³-hybridized carbons (Fsp3) is 0.182. The van der Waals surface area contributed by atoms with Crippen molar-refractivity contribution in [3.63, 3.8) is 0 Å². The van der Waals surface area contributed by atoms with Crippen LogP contribution in [0.2, 0.25) is 0 Å². The zero-order valence-electron chi connectivity index (χ0n) is 8.16. The van der Waals surface area contributed by atoms with Crippen molar-refractivity contribution in [2.75, 3.05) is 0 Å². The summed E-state index contributed by atoms with van der Waals surface area (Å²) in [6.45, 7) is 1.94. The maximum Gasteiger partial charge on any atom is 0.123 e. The Morgan fingerprint density at radius 1 is 1.21 bits per heavy atom. The molecule has 0 fully saturated rings. The van der Waals surface area contributed by atoms with Crippen LogP contribution in [0.1, 0.15) is 5.69 Å². The number of hydrogen-bond acceptors (Lipinski definition) is 1. The molecule has 1 aromatic heterocycles. The van der Waals surface area contributed by atoms with Crippen molar-refractivity contribution in [1.82, 2.24) is 9.78 Å². The maximum atomic E-state index is 12.7. The number of nitrogens with zero attached hydrogens (tertiary/aromatic N) is 2. The van der Waals surface area contributed by atoms with Crippen molar-refractivity contribution in [1.29, 1.82) is 0 Å². The van der Waals surface area contributed by atoms with Gasteiger partial charge in [0, 0.05) is 7.05 Å². The minimum Gasteiger partial charge on any atom is -0.268 e. The predicted molar refractivity (Wildman–Crippen MR) is 53.3 cm³/mol. The van der Waals surface area contributed by atoms with Crippen molar-refractivity contribution in [2.45, 2.75) is 6.92 Å². The highest BCUT2D eigenvalue weighted by Gasteiger charge is 2.04. The van der Waals surface area contributed by atoms with Crippen LogP contribution >= 0.6 is 0 Å². The van der Waals surface area contributed by atoms with E-state index < -0.39 is 0 Å². The fourth-order valence-corrected chi connectivity index (χ4v) is 1.50. The molecule has 0 aliphatic heterocycles. The summed E-state index contributed by atoms with van der Waals surface area (Å²) in [5, 5.41) is 4.23. The van der Waals surface area contributed by atoms with E-state index in [0.717, 1.165) is 17.0 Å². The molecule has 72 valence electrons. The smallest absolute Gasteiger partial charge is 0.123 e. The normalized spacial score (nSPS) is 10.5. The molecule has 0 saturated heterocycles. The molecule has 0 saturated carbocycles. The Kier molecular flexibility index (Phi) is 2.08. The minimum atomic E-state index is -0.215. The largest absolute Gasteiger partial charge is 0.268 e. The maximum absolute atomic E-state index is 12.7. The molecule has 3 heteroatoms. The molecule has 2 nitrogen and oxygen atoms in total. The lowest BCUT2D eigenvalue weighted by molar-refractivity contribution is 0.628. The van der Waals surface area contributed by atoms with Crippen LogP contribution in [0.15, 0.2) is 30.3 Å². The molecule has 2 aromatic rings. The first-order valence-corrected chi connectivity index (χ1v) is 4.43. The number of benzene rings is 1. The molecule has 0 amide bonds. The predicted octanol–water partition coefficient (Wildman–Crippen LogP) is 2.53. The van der Waals surface area contributed by atoms with Gasteiger partial charge in [-0.1, -0.05) is 0 Å². The van der Waals surface area contributed by atoms with Gasteiger partial charge < -0.3 is 0 Å². The van der Waals surface area contributed by atoms with Crippen LogP contribution in [0.3, 0.4) is 0 Å². The van der Waals surface area contributed by atoms with Gasteiger partial charge in [0.15, 0.2) is 0 Å². The summed E-state index contributed by atoms with van der Waals surface area (Å²) < 4.78 is 14.5. The SMILES string of the molecule is Cc1cc(-c2ccc(F)cc2)n(C)n1. The average Bonchev–Trinajstić information content (AvgIpc) is 2.47. The zero-order chi connectivity index (χ0) is 10.1. The molecule has 0 N–H and O–H groups in total. The van der Waals surface area contributed by atoms with Crippen LogP contribution in [0.4, 0.5) is 4.39 Å². The molecule has 1 aromatic carbocycles. The topological polar surface area (TPSA) is 17.8 Å². The van der Waals surface area contributed by atoms with Gasteiger partial charge in [-0.15, -0.1) is 0 Å². The Balaban J connectivity index is 2.49. The Bertz CT molecular complexity index is 443. The van der Waals surface area contributed by atoms with E-state index in [1.807, 2.05) is 20.0 Å². The van der Waals surface area contributed by atoms with Gasteiger partial charge in [0.05, 0.1) is 11.4 Å². The molecule has 0 atom stereocenters. The summed E-state index contributed by atoms with van der Waals surface area (Å²) in [5.74, 6) is -0.215. The van der Waals surface area contributed by atoms with E-state index in [0.29, 0.717) is 0 Å². The van der Waals surface area contributed by atoms with Gasteiger partial charge in [-0.25, -0.2) is 4.39 Å². The van der Waals surface area contributed by atoms with Gasteiger partial charge >= 0.3 is 0 Å². The van der Waals surface area contributed by atoms with Gasteiger partial charge in [-0.3, -0.25) is 4.68 Å². The second-order valence-electron chi connectivity index (χ2n) is 3.30. The summed E-state index contributed by atoms with van der Waals surface area (Å²) in [5.41, 5.74) is 2.95. The Hall–Kier alpha value is -1.64. The van der Waals surface area contributed by atoms with E-state index in [9.17, 15) is 4.39 Å². The zero-order valence-corrected chi connectivity index (χ0v) is 8.16. The summed E-state index contributed by atoms with van der Waals surface area (Å²) >= 11 is 0. The van der Waals surface area contributed by atoms with E-state index >= 15 is 0 Å². The molecule has 14 heavy (non-hydrogen) atoms. The van der Waals surface area contributed by atoms with Gasteiger partial charge in [-0.05, 0) is 42.8 Å². The molecule has 0 spiro atoms. The average molecular weight is 190 g/mol. The summed E-state index contributed by atoms with van der Waals surface area (Å²) in [6, 6.07) is 8.40. The van der Waals surface area contributed by atoms with Gasteiger partial charge in [0.2, 0.25) is 0 Å². The van der Waals surface area contributed by atoms with Gasteiger partial charge in [0.25, 0.3) is 0 Å².